The van der Waals surface area contributed by atoms with Crippen LogP contribution in [-0.4, -0.2) is 12.5 Å². The minimum atomic E-state index is 0.0771. The van der Waals surface area contributed by atoms with Crippen molar-refractivity contribution in [3.8, 4) is 0 Å². The zero-order valence-corrected chi connectivity index (χ0v) is 11.0. The van der Waals surface area contributed by atoms with E-state index in [1.165, 1.54) is 25.7 Å². The van der Waals surface area contributed by atoms with Crippen molar-refractivity contribution in [2.24, 2.45) is 11.3 Å². The van der Waals surface area contributed by atoms with E-state index in [1.54, 1.807) is 6.92 Å². The van der Waals surface area contributed by atoms with Gasteiger partial charge in [-0.3, -0.25) is 4.79 Å². The quantitative estimate of drug-likeness (QED) is 0.690. The summed E-state index contributed by atoms with van der Waals surface area (Å²) in [5.74, 6) is 0.647. The van der Waals surface area contributed by atoms with Crippen LogP contribution in [0.5, 0.6) is 0 Å². The lowest BCUT2D eigenvalue weighted by Gasteiger charge is -2.28. The summed E-state index contributed by atoms with van der Waals surface area (Å²) >= 11 is 0. The van der Waals surface area contributed by atoms with E-state index in [0.717, 1.165) is 6.54 Å². The normalized spacial score (nSPS) is 13.7. The Morgan fingerprint density at radius 2 is 2.00 bits per heavy atom. The molecule has 1 atom stereocenters. The highest BCUT2D eigenvalue weighted by Gasteiger charge is 2.20. The Bertz CT molecular complexity index is 187. The molecule has 2 heteroatoms. The fraction of sp³-hybridized carbons (Fsp3) is 0.923. The second-order valence-electron chi connectivity index (χ2n) is 5.51. The molecule has 0 aliphatic heterocycles. The minimum absolute atomic E-state index is 0.0771. The molecule has 0 radical (unpaired) electrons. The number of unbranched alkanes of at least 4 members (excludes halogenated alkanes) is 1. The molecular weight excluding hydrogens is 186 g/mol. The van der Waals surface area contributed by atoms with E-state index in [0.29, 0.717) is 11.3 Å². The molecule has 0 saturated heterocycles. The molecule has 0 aromatic rings. The van der Waals surface area contributed by atoms with Crippen LogP contribution in [0.1, 0.15) is 60.3 Å². The first-order valence-electron chi connectivity index (χ1n) is 6.12. The predicted octanol–water partition coefficient (Wildman–Crippen LogP) is 3.37. The molecular formula is C13H27NO. The SMILES string of the molecule is CCCCC(C)(C)CC(C)CNC(C)=O. The van der Waals surface area contributed by atoms with Crippen LogP contribution in [0, 0.1) is 11.3 Å². The number of carbonyl (C=O) groups excluding carboxylic acids is 1. The smallest absolute Gasteiger partial charge is 0.216 e. The van der Waals surface area contributed by atoms with Gasteiger partial charge in [0.15, 0.2) is 0 Å². The number of hydrogen-bond acceptors (Lipinski definition) is 1. The molecule has 0 saturated carbocycles. The van der Waals surface area contributed by atoms with Gasteiger partial charge in [0, 0.05) is 13.5 Å². The summed E-state index contributed by atoms with van der Waals surface area (Å²) < 4.78 is 0. The molecule has 1 amide bonds. The van der Waals surface area contributed by atoms with Gasteiger partial charge in [0.05, 0.1) is 0 Å². The minimum Gasteiger partial charge on any atom is -0.356 e. The molecule has 0 fully saturated rings. The average Bonchev–Trinajstić information content (AvgIpc) is 2.11. The highest BCUT2D eigenvalue weighted by molar-refractivity contribution is 5.72. The van der Waals surface area contributed by atoms with E-state index in [4.69, 9.17) is 0 Å². The van der Waals surface area contributed by atoms with E-state index in [9.17, 15) is 4.79 Å². The van der Waals surface area contributed by atoms with Crippen molar-refractivity contribution in [2.75, 3.05) is 6.54 Å². The molecule has 0 heterocycles. The lowest BCUT2D eigenvalue weighted by Crippen LogP contribution is -2.28. The maximum Gasteiger partial charge on any atom is 0.216 e. The highest BCUT2D eigenvalue weighted by Crippen LogP contribution is 2.30. The second kappa shape index (κ2) is 6.86. The van der Waals surface area contributed by atoms with Gasteiger partial charge in [0.2, 0.25) is 5.91 Å². The Kier molecular flexibility index (Phi) is 6.62. The zero-order valence-electron chi connectivity index (χ0n) is 11.0. The van der Waals surface area contributed by atoms with Gasteiger partial charge in [-0.1, -0.05) is 40.5 Å². The van der Waals surface area contributed by atoms with Gasteiger partial charge in [-0.15, -0.1) is 0 Å². The monoisotopic (exact) mass is 213 g/mol. The maximum atomic E-state index is 10.8. The van der Waals surface area contributed by atoms with Gasteiger partial charge >= 0.3 is 0 Å². The van der Waals surface area contributed by atoms with Crippen LogP contribution in [0.25, 0.3) is 0 Å². The summed E-state index contributed by atoms with van der Waals surface area (Å²) in [6.45, 7) is 11.5. The standard InChI is InChI=1S/C13H27NO/c1-6-7-8-13(4,5)9-11(2)10-14-12(3)15/h11H,6-10H2,1-5H3,(H,14,15). The summed E-state index contributed by atoms with van der Waals surface area (Å²) in [4.78, 5) is 10.8. The molecule has 0 aliphatic rings. The summed E-state index contributed by atoms with van der Waals surface area (Å²) in [7, 11) is 0. The van der Waals surface area contributed by atoms with Crippen molar-refractivity contribution in [3.05, 3.63) is 0 Å². The molecule has 0 spiro atoms. The average molecular weight is 213 g/mol. The molecule has 0 aromatic heterocycles. The van der Waals surface area contributed by atoms with Gasteiger partial charge < -0.3 is 5.32 Å². The number of amides is 1. The van der Waals surface area contributed by atoms with Crippen LogP contribution >= 0.6 is 0 Å². The Hall–Kier alpha value is -0.530. The lowest BCUT2D eigenvalue weighted by atomic mass is 9.79. The molecule has 0 rings (SSSR count). The van der Waals surface area contributed by atoms with Crippen LogP contribution in [0.15, 0.2) is 0 Å². The molecule has 1 unspecified atom stereocenters. The number of carbonyl (C=O) groups is 1. The summed E-state index contributed by atoms with van der Waals surface area (Å²) in [5.41, 5.74) is 0.411. The lowest BCUT2D eigenvalue weighted by molar-refractivity contribution is -0.119. The summed E-state index contributed by atoms with van der Waals surface area (Å²) in [6.07, 6.45) is 5.05. The molecule has 2 nitrogen and oxygen atoms in total. The van der Waals surface area contributed by atoms with Gasteiger partial charge in [0.1, 0.15) is 0 Å². The van der Waals surface area contributed by atoms with Gasteiger partial charge in [-0.25, -0.2) is 0 Å². The van der Waals surface area contributed by atoms with Crippen molar-refractivity contribution in [3.63, 3.8) is 0 Å². The van der Waals surface area contributed by atoms with E-state index in [-0.39, 0.29) is 5.91 Å². The number of hydrogen-bond donors (Lipinski definition) is 1. The Balaban J connectivity index is 3.81. The molecule has 90 valence electrons. The zero-order chi connectivity index (χ0) is 11.9. The van der Waals surface area contributed by atoms with Crippen LogP contribution in [-0.2, 0) is 4.79 Å². The first-order valence-corrected chi connectivity index (χ1v) is 6.12. The van der Waals surface area contributed by atoms with Crippen LogP contribution in [0.2, 0.25) is 0 Å². The van der Waals surface area contributed by atoms with Crippen molar-refractivity contribution >= 4 is 5.91 Å². The third-order valence-electron chi connectivity index (χ3n) is 2.81. The fourth-order valence-corrected chi connectivity index (χ4v) is 2.09. The van der Waals surface area contributed by atoms with E-state index < -0.39 is 0 Å². The molecule has 0 aliphatic carbocycles. The molecule has 1 N–H and O–H groups in total. The Labute approximate surface area is 94.8 Å². The maximum absolute atomic E-state index is 10.8. The first-order chi connectivity index (χ1) is 6.87. The Morgan fingerprint density at radius 3 is 2.47 bits per heavy atom. The van der Waals surface area contributed by atoms with Gasteiger partial charge in [-0.2, -0.15) is 0 Å². The van der Waals surface area contributed by atoms with E-state index in [1.807, 2.05) is 0 Å². The molecule has 15 heavy (non-hydrogen) atoms. The molecule has 0 aromatic carbocycles. The van der Waals surface area contributed by atoms with Crippen LogP contribution in [0.4, 0.5) is 0 Å². The van der Waals surface area contributed by atoms with Crippen molar-refractivity contribution in [1.29, 1.82) is 0 Å². The van der Waals surface area contributed by atoms with Gasteiger partial charge in [-0.05, 0) is 24.2 Å². The fourth-order valence-electron chi connectivity index (χ4n) is 2.09. The third kappa shape index (κ3) is 8.46. The number of rotatable bonds is 7. The van der Waals surface area contributed by atoms with E-state index >= 15 is 0 Å². The third-order valence-corrected chi connectivity index (χ3v) is 2.81. The summed E-state index contributed by atoms with van der Waals surface area (Å²) in [5, 5.41) is 2.89. The van der Waals surface area contributed by atoms with Crippen LogP contribution in [0.3, 0.4) is 0 Å². The first kappa shape index (κ1) is 14.5. The highest BCUT2D eigenvalue weighted by atomic mass is 16.1. The van der Waals surface area contributed by atoms with Crippen molar-refractivity contribution < 1.29 is 4.79 Å². The van der Waals surface area contributed by atoms with Crippen molar-refractivity contribution in [1.82, 2.24) is 5.32 Å². The van der Waals surface area contributed by atoms with Gasteiger partial charge in [0.25, 0.3) is 0 Å². The second-order valence-corrected chi connectivity index (χ2v) is 5.51. The van der Waals surface area contributed by atoms with Crippen molar-refractivity contribution in [2.45, 2.75) is 60.3 Å². The topological polar surface area (TPSA) is 29.1 Å². The van der Waals surface area contributed by atoms with Crippen LogP contribution < -0.4 is 5.32 Å². The summed E-state index contributed by atoms with van der Waals surface area (Å²) in [6, 6.07) is 0. The van der Waals surface area contributed by atoms with E-state index in [2.05, 4.69) is 33.0 Å². The Morgan fingerprint density at radius 1 is 1.40 bits per heavy atom. The molecule has 0 bridgehead atoms. The number of nitrogens with one attached hydrogen (secondary N) is 1. The largest absolute Gasteiger partial charge is 0.356 e. The predicted molar refractivity (Wildman–Crippen MR) is 65.8 cm³/mol.